The minimum Gasteiger partial charge on any atom is -0.336 e. The van der Waals surface area contributed by atoms with Crippen LogP contribution in [0, 0.1) is 5.41 Å². The molecular weight excluding hydrogens is 282 g/mol. The van der Waals surface area contributed by atoms with Crippen molar-refractivity contribution in [2.75, 3.05) is 6.54 Å². The largest absolute Gasteiger partial charge is 0.336 e. The zero-order valence-electron chi connectivity index (χ0n) is 13.7. The number of carbonyl (C=O) groups excluding carboxylic acids is 1. The van der Waals surface area contributed by atoms with Gasteiger partial charge in [0.15, 0.2) is 0 Å². The van der Waals surface area contributed by atoms with E-state index in [1.54, 1.807) is 6.92 Å². The topological polar surface area (TPSA) is 20.3 Å². The van der Waals surface area contributed by atoms with E-state index in [1.807, 2.05) is 0 Å². The van der Waals surface area contributed by atoms with Gasteiger partial charge in [-0.2, -0.15) is 0 Å². The van der Waals surface area contributed by atoms with Gasteiger partial charge >= 0.3 is 0 Å². The number of nitrogens with zero attached hydrogens (tertiary/aromatic N) is 1. The molecule has 2 aliphatic rings. The summed E-state index contributed by atoms with van der Waals surface area (Å²) in [6, 6.07) is 19.8. The highest BCUT2D eigenvalue weighted by Crippen LogP contribution is 2.51. The Hall–Kier alpha value is -2.09. The molecule has 118 valence electrons. The molecule has 1 heterocycles. The highest BCUT2D eigenvalue weighted by molar-refractivity contribution is 5.74. The Morgan fingerprint density at radius 3 is 2.65 bits per heavy atom. The van der Waals surface area contributed by atoms with Gasteiger partial charge in [0.1, 0.15) is 0 Å². The van der Waals surface area contributed by atoms with Crippen LogP contribution in [0.5, 0.6) is 0 Å². The minimum absolute atomic E-state index is 0.208. The number of benzene rings is 2. The molecule has 0 radical (unpaired) electrons. The van der Waals surface area contributed by atoms with Crippen molar-refractivity contribution >= 4 is 5.91 Å². The van der Waals surface area contributed by atoms with Gasteiger partial charge in [0.05, 0.1) is 6.04 Å². The summed E-state index contributed by atoms with van der Waals surface area (Å²) >= 11 is 0. The van der Waals surface area contributed by atoms with Crippen molar-refractivity contribution in [3.8, 4) is 0 Å². The van der Waals surface area contributed by atoms with Crippen LogP contribution in [0.3, 0.4) is 0 Å². The first kappa shape index (κ1) is 14.5. The molecule has 2 unspecified atom stereocenters. The molecular formula is C21H23NO. The van der Waals surface area contributed by atoms with E-state index in [9.17, 15) is 4.79 Å². The van der Waals surface area contributed by atoms with E-state index in [4.69, 9.17) is 0 Å². The first-order valence-corrected chi connectivity index (χ1v) is 8.56. The second kappa shape index (κ2) is 5.52. The lowest BCUT2D eigenvalue weighted by atomic mass is 9.62. The van der Waals surface area contributed by atoms with Gasteiger partial charge in [0.2, 0.25) is 5.91 Å². The smallest absolute Gasteiger partial charge is 0.219 e. The van der Waals surface area contributed by atoms with Crippen molar-refractivity contribution in [1.82, 2.24) is 4.90 Å². The number of amides is 1. The van der Waals surface area contributed by atoms with Crippen LogP contribution < -0.4 is 0 Å². The van der Waals surface area contributed by atoms with Gasteiger partial charge in [-0.05, 0) is 47.8 Å². The Bertz CT molecular complexity index is 724. The third-order valence-electron chi connectivity index (χ3n) is 5.69. The van der Waals surface area contributed by atoms with Crippen molar-refractivity contribution in [2.45, 2.75) is 38.6 Å². The Balaban J connectivity index is 1.72. The van der Waals surface area contributed by atoms with Gasteiger partial charge in [-0.15, -0.1) is 0 Å². The van der Waals surface area contributed by atoms with Crippen LogP contribution in [-0.4, -0.2) is 17.4 Å². The van der Waals surface area contributed by atoms with Gasteiger partial charge in [-0.25, -0.2) is 0 Å². The Kier molecular flexibility index (Phi) is 3.48. The molecule has 4 rings (SSSR count). The number of hydrogen-bond donors (Lipinski definition) is 0. The quantitative estimate of drug-likeness (QED) is 0.816. The number of likely N-dealkylation sites (tertiary alicyclic amines) is 1. The molecule has 1 amide bonds. The zero-order chi connectivity index (χ0) is 15.9. The van der Waals surface area contributed by atoms with Crippen LogP contribution in [0.15, 0.2) is 54.6 Å². The Morgan fingerprint density at radius 1 is 1.13 bits per heavy atom. The van der Waals surface area contributed by atoms with E-state index < -0.39 is 0 Å². The summed E-state index contributed by atoms with van der Waals surface area (Å²) in [5, 5.41) is 0. The second-order valence-electron chi connectivity index (χ2n) is 7.22. The van der Waals surface area contributed by atoms with E-state index in [2.05, 4.69) is 59.5 Å². The molecule has 0 N–H and O–H groups in total. The number of piperidine rings is 1. The van der Waals surface area contributed by atoms with Crippen LogP contribution in [0.2, 0.25) is 0 Å². The van der Waals surface area contributed by atoms with Gasteiger partial charge < -0.3 is 4.90 Å². The minimum atomic E-state index is 0.208. The summed E-state index contributed by atoms with van der Waals surface area (Å²) in [4.78, 5) is 14.2. The lowest BCUT2D eigenvalue weighted by molar-refractivity contribution is -0.135. The lowest BCUT2D eigenvalue weighted by Gasteiger charge is -2.51. The van der Waals surface area contributed by atoms with Crippen LogP contribution in [0.4, 0.5) is 0 Å². The molecule has 2 bridgehead atoms. The summed E-state index contributed by atoms with van der Waals surface area (Å²) in [6.45, 7) is 2.60. The van der Waals surface area contributed by atoms with E-state index in [0.29, 0.717) is 5.41 Å². The maximum Gasteiger partial charge on any atom is 0.219 e. The third-order valence-corrected chi connectivity index (χ3v) is 5.69. The maximum absolute atomic E-state index is 12.1. The van der Waals surface area contributed by atoms with Gasteiger partial charge in [0, 0.05) is 13.5 Å². The first-order chi connectivity index (χ1) is 11.2. The lowest BCUT2D eigenvalue weighted by Crippen LogP contribution is -2.49. The Labute approximate surface area is 138 Å². The summed E-state index contributed by atoms with van der Waals surface area (Å²) < 4.78 is 0. The average Bonchev–Trinajstić information content (AvgIpc) is 2.55. The Morgan fingerprint density at radius 2 is 1.87 bits per heavy atom. The number of fused-ring (bicyclic) bond motifs is 4. The number of rotatable bonds is 2. The monoisotopic (exact) mass is 305 g/mol. The van der Waals surface area contributed by atoms with E-state index >= 15 is 0 Å². The molecule has 1 aliphatic carbocycles. The summed E-state index contributed by atoms with van der Waals surface area (Å²) in [5.41, 5.74) is 4.52. The molecule has 0 saturated carbocycles. The molecule has 1 saturated heterocycles. The van der Waals surface area contributed by atoms with Crippen LogP contribution in [0.1, 0.15) is 42.5 Å². The van der Waals surface area contributed by atoms with Crippen LogP contribution >= 0.6 is 0 Å². The SMILES string of the molecule is CC(=O)N1CCC2(Cc3ccccc3)Cc3ccccc3C1C2. The van der Waals surface area contributed by atoms with Crippen molar-refractivity contribution < 1.29 is 4.79 Å². The standard InChI is InChI=1S/C21H23NO/c1-16(23)22-12-11-21(13-17-7-3-2-4-8-17)14-18-9-5-6-10-19(18)20(22)15-21/h2-10,20H,11-15H2,1H3. The van der Waals surface area contributed by atoms with Crippen molar-refractivity contribution in [3.05, 3.63) is 71.3 Å². The molecule has 2 aromatic carbocycles. The molecule has 2 nitrogen and oxygen atoms in total. The molecule has 0 spiro atoms. The fourth-order valence-electron chi connectivity index (χ4n) is 4.63. The molecule has 23 heavy (non-hydrogen) atoms. The predicted molar refractivity (Wildman–Crippen MR) is 92.1 cm³/mol. The molecule has 2 atom stereocenters. The molecule has 0 aromatic heterocycles. The van der Waals surface area contributed by atoms with Crippen LogP contribution in [-0.2, 0) is 17.6 Å². The van der Waals surface area contributed by atoms with Gasteiger partial charge in [-0.1, -0.05) is 54.6 Å². The highest BCUT2D eigenvalue weighted by atomic mass is 16.2. The highest BCUT2D eigenvalue weighted by Gasteiger charge is 2.45. The normalized spacial score (nSPS) is 25.8. The van der Waals surface area contributed by atoms with Crippen molar-refractivity contribution in [2.24, 2.45) is 5.41 Å². The first-order valence-electron chi connectivity index (χ1n) is 8.56. The second-order valence-corrected chi connectivity index (χ2v) is 7.22. The number of hydrogen-bond acceptors (Lipinski definition) is 1. The number of carbonyl (C=O) groups is 1. The molecule has 2 heteroatoms. The average molecular weight is 305 g/mol. The summed E-state index contributed by atoms with van der Waals surface area (Å²) in [6.07, 6.45) is 4.45. The summed E-state index contributed by atoms with van der Waals surface area (Å²) in [7, 11) is 0. The zero-order valence-corrected chi connectivity index (χ0v) is 13.7. The molecule has 1 fully saturated rings. The third kappa shape index (κ3) is 2.56. The fraction of sp³-hybridized carbons (Fsp3) is 0.381. The summed E-state index contributed by atoms with van der Waals surface area (Å²) in [5.74, 6) is 0.208. The van der Waals surface area contributed by atoms with Gasteiger partial charge in [0.25, 0.3) is 0 Å². The van der Waals surface area contributed by atoms with E-state index in [1.165, 1.54) is 16.7 Å². The van der Waals surface area contributed by atoms with E-state index in [0.717, 1.165) is 32.2 Å². The molecule has 2 aromatic rings. The predicted octanol–water partition coefficient (Wildman–Crippen LogP) is 4.16. The van der Waals surface area contributed by atoms with Crippen LogP contribution in [0.25, 0.3) is 0 Å². The maximum atomic E-state index is 12.1. The van der Waals surface area contributed by atoms with E-state index in [-0.39, 0.29) is 11.9 Å². The fourth-order valence-corrected chi connectivity index (χ4v) is 4.63. The van der Waals surface area contributed by atoms with Gasteiger partial charge in [-0.3, -0.25) is 4.79 Å². The molecule has 1 aliphatic heterocycles. The van der Waals surface area contributed by atoms with Crippen molar-refractivity contribution in [3.63, 3.8) is 0 Å². The van der Waals surface area contributed by atoms with Crippen molar-refractivity contribution in [1.29, 1.82) is 0 Å².